The van der Waals surface area contributed by atoms with Gasteiger partial charge in [-0.15, -0.1) is 0 Å². The van der Waals surface area contributed by atoms with E-state index >= 15 is 0 Å². The van der Waals surface area contributed by atoms with Crippen LogP contribution in [0.4, 0.5) is 0 Å². The zero-order chi connectivity index (χ0) is 58.6. The molecule has 12 amide bonds. The lowest BCUT2D eigenvalue weighted by Gasteiger charge is -2.28. The molecule has 0 spiro atoms. The first-order valence-corrected chi connectivity index (χ1v) is 24.9. The average Bonchev–Trinajstić information content (AvgIpc) is 3.31. The van der Waals surface area contributed by atoms with Crippen molar-refractivity contribution in [1.82, 2.24) is 53.2 Å². The smallest absolute Gasteiger partial charge is 0.305 e. The van der Waals surface area contributed by atoms with Crippen molar-refractivity contribution in [3.8, 4) is 0 Å². The van der Waals surface area contributed by atoms with Crippen molar-refractivity contribution in [3.05, 3.63) is 0 Å². The molecule has 0 aliphatic heterocycles. The summed E-state index contributed by atoms with van der Waals surface area (Å²) in [5.74, 6) is -16.9. The van der Waals surface area contributed by atoms with E-state index in [1.165, 1.54) is 6.92 Å². The summed E-state index contributed by atoms with van der Waals surface area (Å²) in [6.45, 7) is 5.99. The number of thiol groups is 2. The molecule has 0 saturated carbocycles. The molecule has 0 saturated heterocycles. The molecule has 0 fully saturated rings. The minimum Gasteiger partial charge on any atom is -0.481 e. The maximum atomic E-state index is 13.7. The summed E-state index contributed by atoms with van der Waals surface area (Å²) in [6.07, 6.45) is -6.38. The fourth-order valence-electron chi connectivity index (χ4n) is 6.64. The van der Waals surface area contributed by atoms with Crippen molar-refractivity contribution in [2.45, 2.75) is 153 Å². The van der Waals surface area contributed by atoms with Crippen LogP contribution in [0.2, 0.25) is 0 Å². The van der Waals surface area contributed by atoms with E-state index in [0.717, 1.165) is 13.8 Å². The van der Waals surface area contributed by atoms with Crippen LogP contribution in [0.15, 0.2) is 0 Å². The Bertz CT molecular complexity index is 2080. The second-order valence-electron chi connectivity index (χ2n) is 17.7. The van der Waals surface area contributed by atoms with Gasteiger partial charge in [-0.2, -0.15) is 25.3 Å². The van der Waals surface area contributed by atoms with Crippen molar-refractivity contribution in [3.63, 3.8) is 0 Å². The molecule has 20 N–H and O–H groups in total. The van der Waals surface area contributed by atoms with Gasteiger partial charge in [0, 0.05) is 24.9 Å². The number of nitrogens with two attached hydrogens (primary N) is 3. The molecule has 76 heavy (non-hydrogen) atoms. The lowest BCUT2D eigenvalue weighted by atomic mass is 10.0. The monoisotopic (exact) mass is 1120 g/mol. The number of hydrogen-bond donors (Lipinski definition) is 19. The molecule has 0 rings (SSSR count). The number of carbonyl (C=O) groups excluding carboxylic acids is 12. The summed E-state index contributed by atoms with van der Waals surface area (Å²) in [5.41, 5.74) is 16.2. The van der Waals surface area contributed by atoms with E-state index in [2.05, 4.69) is 73.1 Å². The molecule has 0 radical (unpaired) electrons. The van der Waals surface area contributed by atoms with E-state index in [0.29, 0.717) is 6.42 Å². The number of carbonyl (C=O) groups is 14. The van der Waals surface area contributed by atoms with E-state index in [1.54, 1.807) is 13.8 Å². The van der Waals surface area contributed by atoms with Crippen molar-refractivity contribution in [2.24, 2.45) is 23.1 Å². The molecule has 0 aromatic rings. The van der Waals surface area contributed by atoms with Crippen molar-refractivity contribution < 1.29 is 87.5 Å². The van der Waals surface area contributed by atoms with Crippen LogP contribution in [0.3, 0.4) is 0 Å². The fourth-order valence-corrected chi connectivity index (χ4v) is 7.16. The van der Waals surface area contributed by atoms with Gasteiger partial charge in [0.1, 0.15) is 54.4 Å². The van der Waals surface area contributed by atoms with Gasteiger partial charge in [-0.1, -0.05) is 13.8 Å². The highest BCUT2D eigenvalue weighted by Gasteiger charge is 2.37. The number of primary amides is 2. The molecule has 0 bridgehead atoms. The van der Waals surface area contributed by atoms with E-state index in [1.807, 2.05) is 5.32 Å². The van der Waals surface area contributed by atoms with Crippen LogP contribution in [-0.2, 0) is 67.1 Å². The zero-order valence-corrected chi connectivity index (χ0v) is 44.3. The third-order valence-corrected chi connectivity index (χ3v) is 11.3. The number of aliphatic hydroxyl groups is 2. The molecule has 0 aromatic heterocycles. The number of unbranched alkanes of at least 4 members (excludes halogenated alkanes) is 1. The van der Waals surface area contributed by atoms with Gasteiger partial charge in [0.15, 0.2) is 0 Å². The molecule has 0 aliphatic carbocycles. The Morgan fingerprint density at radius 3 is 1.36 bits per heavy atom. The molecule has 0 unspecified atom stereocenters. The Balaban J connectivity index is 6.45. The summed E-state index contributed by atoms with van der Waals surface area (Å²) in [5, 5.41) is 61.9. The van der Waals surface area contributed by atoms with Crippen LogP contribution in [0.25, 0.3) is 0 Å². The topological polar surface area (TPSA) is 518 Å². The van der Waals surface area contributed by atoms with Crippen molar-refractivity contribution in [1.29, 1.82) is 0 Å². The molecule has 33 heteroatoms. The summed E-state index contributed by atoms with van der Waals surface area (Å²) in [6, 6.07) is -14.8. The number of amides is 12. The van der Waals surface area contributed by atoms with Crippen LogP contribution >= 0.6 is 25.3 Å². The largest absolute Gasteiger partial charge is 0.481 e. The summed E-state index contributed by atoms with van der Waals surface area (Å²) < 4.78 is 0. The molecule has 0 aliphatic rings. The van der Waals surface area contributed by atoms with E-state index in [-0.39, 0.29) is 43.2 Å². The SMILES string of the molecule is CC(=O)N[C@@H](CS)C(=O)N[C@H](C(=O)N[C@@H](CC(=O)O)C(=O)N[C@@H](CCC(=O)O)C(=O)N[C@@H](CC(N)=O)C(=O)NCC(=O)N[C@@H](CCCCN)C(=O)N[C@@H](CC(C)C)C(=O)N[C@H](C(=O)N[C@@H](CS)C(N)=O)[C@@H](C)O)[C@@H](C)O. The van der Waals surface area contributed by atoms with Crippen LogP contribution in [-0.4, -0.2) is 194 Å². The first-order chi connectivity index (χ1) is 35.4. The Morgan fingerprint density at radius 2 is 0.921 bits per heavy atom. The molecule has 430 valence electrons. The van der Waals surface area contributed by atoms with Crippen molar-refractivity contribution in [2.75, 3.05) is 24.6 Å². The molecular weight excluding hydrogens is 1050 g/mol. The number of carboxylic acid groups (broad SMARTS) is 2. The quantitative estimate of drug-likeness (QED) is 0.0203. The first-order valence-electron chi connectivity index (χ1n) is 23.6. The maximum Gasteiger partial charge on any atom is 0.305 e. The van der Waals surface area contributed by atoms with E-state index < -0.39 is 182 Å². The number of carboxylic acids is 2. The molecule has 31 nitrogen and oxygen atoms in total. The van der Waals surface area contributed by atoms with Gasteiger partial charge in [0.05, 0.1) is 31.6 Å². The lowest BCUT2D eigenvalue weighted by Crippen LogP contribution is -2.61. The highest BCUT2D eigenvalue weighted by Crippen LogP contribution is 2.10. The van der Waals surface area contributed by atoms with Crippen LogP contribution in [0, 0.1) is 5.92 Å². The minimum absolute atomic E-state index is 0.0229. The molecule has 11 atom stereocenters. The molecule has 0 heterocycles. The van der Waals surface area contributed by atoms with Crippen LogP contribution < -0.4 is 70.4 Å². The normalized spacial score (nSPS) is 15.3. The number of aliphatic hydroxyl groups excluding tert-OH is 2. The van der Waals surface area contributed by atoms with Gasteiger partial charge >= 0.3 is 11.9 Å². The standard InChI is InChI=1S/C43H73N13O18S2/c1-18(2)12-24(40(71)55-34(20(4)58)43(74)54-27(16-75)35(46)66)51-37(68)22(8-6-7-11-44)49-30(61)15-47-36(67)25(13-29(45)60)52-38(69)23(9-10-31(62)63)50-39(70)26(14-32(64)65)53-42(73)33(19(3)57)56-41(72)28(17-76)48-21(5)59/h18-20,22-28,33-34,57-58,75-76H,6-17,44H2,1-5H3,(H2,45,60)(H2,46,66)(H,47,67)(H,48,59)(H,49,61)(H,50,70)(H,51,68)(H,52,69)(H,53,73)(H,54,74)(H,55,71)(H,56,72)(H,62,63)(H,64,65)/t19-,20-,22+,23+,24+,25+,26+,27+,28+,33+,34+/m1/s1. The predicted molar refractivity (Wildman–Crippen MR) is 272 cm³/mol. The molecule has 0 aromatic carbocycles. The summed E-state index contributed by atoms with van der Waals surface area (Å²) in [7, 11) is 0. The molecular formula is C43H73N13O18S2. The second kappa shape index (κ2) is 35.4. The zero-order valence-electron chi connectivity index (χ0n) is 42.5. The van der Waals surface area contributed by atoms with Gasteiger partial charge < -0.3 is 90.8 Å². The van der Waals surface area contributed by atoms with Crippen molar-refractivity contribution >= 4 is 108 Å². The highest BCUT2D eigenvalue weighted by atomic mass is 32.1. The third-order valence-electron chi connectivity index (χ3n) is 10.5. The second-order valence-corrected chi connectivity index (χ2v) is 18.5. The average molecular weight is 1120 g/mol. The van der Waals surface area contributed by atoms with Crippen LogP contribution in [0.5, 0.6) is 0 Å². The van der Waals surface area contributed by atoms with Crippen LogP contribution in [0.1, 0.15) is 86.0 Å². The number of nitrogens with one attached hydrogen (secondary N) is 10. The third kappa shape index (κ3) is 27.1. The number of aliphatic carboxylic acids is 2. The summed E-state index contributed by atoms with van der Waals surface area (Å²) >= 11 is 7.92. The minimum atomic E-state index is -2.08. The number of rotatable bonds is 37. The predicted octanol–water partition coefficient (Wildman–Crippen LogP) is -8.02. The van der Waals surface area contributed by atoms with E-state index in [9.17, 15) is 87.5 Å². The number of hydrogen-bond acceptors (Lipinski definition) is 19. The summed E-state index contributed by atoms with van der Waals surface area (Å²) in [4.78, 5) is 179. The maximum absolute atomic E-state index is 13.7. The van der Waals surface area contributed by atoms with Gasteiger partial charge in [-0.3, -0.25) is 67.1 Å². The van der Waals surface area contributed by atoms with Gasteiger partial charge in [0.2, 0.25) is 70.9 Å². The van der Waals surface area contributed by atoms with Gasteiger partial charge in [-0.05, 0) is 58.4 Å². The highest BCUT2D eigenvalue weighted by molar-refractivity contribution is 7.80. The Labute approximate surface area is 447 Å². The Kier molecular flexibility index (Phi) is 32.2. The van der Waals surface area contributed by atoms with Gasteiger partial charge in [-0.25, -0.2) is 0 Å². The Hall–Kier alpha value is -6.84. The Morgan fingerprint density at radius 1 is 0.487 bits per heavy atom. The fraction of sp³-hybridized carbons (Fsp3) is 0.674. The van der Waals surface area contributed by atoms with E-state index in [4.69, 9.17) is 17.2 Å². The first kappa shape index (κ1) is 69.2. The van der Waals surface area contributed by atoms with Gasteiger partial charge in [0.25, 0.3) is 0 Å². The lowest BCUT2D eigenvalue weighted by molar-refractivity contribution is -0.142.